The lowest BCUT2D eigenvalue weighted by atomic mass is 9.99. The quantitative estimate of drug-likeness (QED) is 0.897. The average molecular weight is 318 g/mol. The molecule has 20 heavy (non-hydrogen) atoms. The van der Waals surface area contributed by atoms with Crippen LogP contribution >= 0.6 is 11.6 Å². The molecule has 1 atom stereocenters. The van der Waals surface area contributed by atoms with Crippen LogP contribution in [0, 0.1) is 5.92 Å². The summed E-state index contributed by atoms with van der Waals surface area (Å²) in [6.45, 7) is 0.564. The Morgan fingerprint density at radius 2 is 2.30 bits per heavy atom. The molecule has 2 heterocycles. The van der Waals surface area contributed by atoms with Crippen molar-refractivity contribution in [1.82, 2.24) is 14.6 Å². The molecule has 8 heteroatoms. The average Bonchev–Trinajstić information content (AvgIpc) is 2.47. The zero-order valence-corrected chi connectivity index (χ0v) is 12.6. The van der Waals surface area contributed by atoms with E-state index < -0.39 is 10.0 Å². The third-order valence-electron chi connectivity index (χ3n) is 3.35. The molecule has 2 rings (SSSR count). The molecule has 1 unspecified atom stereocenters. The molecule has 1 N–H and O–H groups in total. The summed E-state index contributed by atoms with van der Waals surface area (Å²) in [7, 11) is -2.16. The van der Waals surface area contributed by atoms with E-state index in [0.29, 0.717) is 19.4 Å². The fraction of sp³-hybridized carbons (Fsp3) is 0.500. The summed E-state index contributed by atoms with van der Waals surface area (Å²) in [5, 5.41) is 2.70. The van der Waals surface area contributed by atoms with E-state index in [-0.39, 0.29) is 28.3 Å². The summed E-state index contributed by atoms with van der Waals surface area (Å²) in [4.78, 5) is 15.5. The van der Waals surface area contributed by atoms with Crippen LogP contribution in [0.15, 0.2) is 23.4 Å². The largest absolute Gasteiger partial charge is 0.359 e. The van der Waals surface area contributed by atoms with Gasteiger partial charge in [0.15, 0.2) is 0 Å². The SMILES string of the molecule is CNC(=O)C1CCCN(S(=O)(=O)c2cnccc2Cl)C1. The maximum Gasteiger partial charge on any atom is 0.246 e. The molecule has 1 aliphatic rings. The van der Waals surface area contributed by atoms with Crippen molar-refractivity contribution in [3.05, 3.63) is 23.5 Å². The van der Waals surface area contributed by atoms with E-state index in [1.807, 2.05) is 0 Å². The Kier molecular flexibility index (Phi) is 4.62. The molecule has 0 spiro atoms. The van der Waals surface area contributed by atoms with Crippen molar-refractivity contribution < 1.29 is 13.2 Å². The number of carbonyl (C=O) groups is 1. The molecule has 110 valence electrons. The number of sulfonamides is 1. The summed E-state index contributed by atoms with van der Waals surface area (Å²) in [5.74, 6) is -0.457. The number of amides is 1. The second-order valence-corrected chi connectivity index (χ2v) is 6.94. The number of rotatable bonds is 3. The summed E-state index contributed by atoms with van der Waals surface area (Å²) in [6.07, 6.45) is 4.01. The predicted octanol–water partition coefficient (Wildman–Crippen LogP) is 0.882. The minimum absolute atomic E-state index is 0.0146. The molecule has 0 bridgehead atoms. The monoisotopic (exact) mass is 317 g/mol. The Hall–Kier alpha value is -1.18. The number of pyridine rings is 1. The second kappa shape index (κ2) is 6.07. The van der Waals surface area contributed by atoms with Gasteiger partial charge in [-0.1, -0.05) is 11.6 Å². The highest BCUT2D eigenvalue weighted by Gasteiger charge is 2.34. The van der Waals surface area contributed by atoms with E-state index in [0.717, 1.165) is 0 Å². The van der Waals surface area contributed by atoms with Gasteiger partial charge < -0.3 is 5.32 Å². The van der Waals surface area contributed by atoms with Gasteiger partial charge >= 0.3 is 0 Å². The van der Waals surface area contributed by atoms with E-state index in [9.17, 15) is 13.2 Å². The fourth-order valence-corrected chi connectivity index (χ4v) is 4.20. The molecule has 6 nitrogen and oxygen atoms in total. The van der Waals surface area contributed by atoms with Crippen LogP contribution in [0.25, 0.3) is 0 Å². The molecule has 1 aromatic heterocycles. The topological polar surface area (TPSA) is 79.4 Å². The van der Waals surface area contributed by atoms with Gasteiger partial charge in [0, 0.05) is 32.5 Å². The highest BCUT2D eigenvalue weighted by Crippen LogP contribution is 2.27. The van der Waals surface area contributed by atoms with E-state index in [1.54, 1.807) is 7.05 Å². The van der Waals surface area contributed by atoms with Crippen LogP contribution in [0.4, 0.5) is 0 Å². The van der Waals surface area contributed by atoms with Crippen molar-refractivity contribution in [3.63, 3.8) is 0 Å². The van der Waals surface area contributed by atoms with Crippen molar-refractivity contribution in [3.8, 4) is 0 Å². The first kappa shape index (κ1) is 15.2. The predicted molar refractivity (Wildman–Crippen MR) is 74.8 cm³/mol. The van der Waals surface area contributed by atoms with Crippen LogP contribution < -0.4 is 5.32 Å². The van der Waals surface area contributed by atoms with E-state index in [4.69, 9.17) is 11.6 Å². The number of nitrogens with one attached hydrogen (secondary N) is 1. The highest BCUT2D eigenvalue weighted by molar-refractivity contribution is 7.89. The number of piperidine rings is 1. The number of hydrogen-bond acceptors (Lipinski definition) is 4. The van der Waals surface area contributed by atoms with Crippen LogP contribution in [0.1, 0.15) is 12.8 Å². The fourth-order valence-electron chi connectivity index (χ4n) is 2.27. The molecular weight excluding hydrogens is 302 g/mol. The standard InChI is InChI=1S/C12H16ClN3O3S/c1-14-12(17)9-3-2-6-16(8-9)20(18,19)11-7-15-5-4-10(11)13/h4-5,7,9H,2-3,6,8H2,1H3,(H,14,17). The van der Waals surface area contributed by atoms with Gasteiger partial charge in [0.05, 0.1) is 10.9 Å². The molecule has 0 saturated carbocycles. The third-order valence-corrected chi connectivity index (χ3v) is 5.69. The van der Waals surface area contributed by atoms with Gasteiger partial charge in [-0.25, -0.2) is 8.42 Å². The van der Waals surface area contributed by atoms with Crippen LogP contribution in [0.5, 0.6) is 0 Å². The lowest BCUT2D eigenvalue weighted by Gasteiger charge is -2.31. The van der Waals surface area contributed by atoms with Gasteiger partial charge in [-0.05, 0) is 18.9 Å². The number of nitrogens with zero attached hydrogens (tertiary/aromatic N) is 2. The number of halogens is 1. The first-order chi connectivity index (χ1) is 9.46. The van der Waals surface area contributed by atoms with Gasteiger partial charge in [0.1, 0.15) is 4.90 Å². The minimum atomic E-state index is -3.71. The second-order valence-electron chi connectivity index (χ2n) is 4.62. The van der Waals surface area contributed by atoms with Gasteiger partial charge in [-0.3, -0.25) is 9.78 Å². The third kappa shape index (κ3) is 2.94. The molecule has 0 radical (unpaired) electrons. The van der Waals surface area contributed by atoms with Crippen LogP contribution in [-0.4, -0.2) is 43.8 Å². The summed E-state index contributed by atoms with van der Waals surface area (Å²) < 4.78 is 26.4. The van der Waals surface area contributed by atoms with Crippen molar-refractivity contribution in [2.75, 3.05) is 20.1 Å². The molecule has 1 aromatic rings. The van der Waals surface area contributed by atoms with Gasteiger partial charge in [0.2, 0.25) is 15.9 Å². The molecule has 1 fully saturated rings. The first-order valence-corrected chi connectivity index (χ1v) is 8.10. The molecule has 1 amide bonds. The zero-order chi connectivity index (χ0) is 14.8. The maximum atomic E-state index is 12.5. The van der Waals surface area contributed by atoms with Crippen LogP contribution in [-0.2, 0) is 14.8 Å². The molecular formula is C12H16ClN3O3S. The Balaban J connectivity index is 2.26. The molecule has 0 aromatic carbocycles. The smallest absolute Gasteiger partial charge is 0.246 e. The Morgan fingerprint density at radius 3 is 2.95 bits per heavy atom. The van der Waals surface area contributed by atoms with E-state index in [1.165, 1.54) is 22.8 Å². The maximum absolute atomic E-state index is 12.5. The highest BCUT2D eigenvalue weighted by atomic mass is 35.5. The van der Waals surface area contributed by atoms with Crippen LogP contribution in [0.3, 0.4) is 0 Å². The molecule has 1 saturated heterocycles. The van der Waals surface area contributed by atoms with E-state index >= 15 is 0 Å². The zero-order valence-electron chi connectivity index (χ0n) is 11.0. The van der Waals surface area contributed by atoms with Crippen molar-refractivity contribution in [2.24, 2.45) is 5.92 Å². The summed E-state index contributed by atoms with van der Waals surface area (Å²) in [5.41, 5.74) is 0. The summed E-state index contributed by atoms with van der Waals surface area (Å²) >= 11 is 5.93. The molecule has 0 aliphatic carbocycles. The van der Waals surface area contributed by atoms with E-state index in [2.05, 4.69) is 10.3 Å². The van der Waals surface area contributed by atoms with Gasteiger partial charge in [-0.15, -0.1) is 0 Å². The lowest BCUT2D eigenvalue weighted by molar-refractivity contribution is -0.125. The van der Waals surface area contributed by atoms with Crippen molar-refractivity contribution in [2.45, 2.75) is 17.7 Å². The lowest BCUT2D eigenvalue weighted by Crippen LogP contribution is -2.44. The Labute approximate surface area is 123 Å². The first-order valence-electron chi connectivity index (χ1n) is 6.28. The number of carbonyl (C=O) groups excluding carboxylic acids is 1. The van der Waals surface area contributed by atoms with Crippen molar-refractivity contribution >= 4 is 27.5 Å². The number of hydrogen-bond donors (Lipinski definition) is 1. The van der Waals surface area contributed by atoms with Crippen molar-refractivity contribution in [1.29, 1.82) is 0 Å². The van der Waals surface area contributed by atoms with Gasteiger partial charge in [-0.2, -0.15) is 4.31 Å². The van der Waals surface area contributed by atoms with Crippen LogP contribution in [0.2, 0.25) is 5.02 Å². The minimum Gasteiger partial charge on any atom is -0.359 e. The Bertz CT molecular complexity index is 606. The molecule has 1 aliphatic heterocycles. The number of aromatic nitrogens is 1. The van der Waals surface area contributed by atoms with Gasteiger partial charge in [0.25, 0.3) is 0 Å². The normalized spacial score (nSPS) is 20.6. The summed E-state index contributed by atoms with van der Waals surface area (Å²) in [6, 6.07) is 1.44. The Morgan fingerprint density at radius 1 is 1.55 bits per heavy atom.